The van der Waals surface area contributed by atoms with Crippen molar-refractivity contribution in [3.8, 4) is 5.75 Å². The molecule has 0 unspecified atom stereocenters. The monoisotopic (exact) mass is 433 g/mol. The molecule has 0 amide bonds. The molecule has 0 fully saturated rings. The molecule has 0 heterocycles. The van der Waals surface area contributed by atoms with Crippen LogP contribution >= 0.6 is 11.6 Å². The first-order valence-corrected chi connectivity index (χ1v) is 11.6. The quantitative estimate of drug-likeness (QED) is 0.231. The van der Waals surface area contributed by atoms with Crippen LogP contribution in [0.2, 0.25) is 0 Å². The smallest absolute Gasteiger partial charge is 0.119 e. The van der Waals surface area contributed by atoms with E-state index < -0.39 is 0 Å². The third kappa shape index (κ3) is 6.72. The molecule has 0 spiro atoms. The number of nitrogens with zero attached hydrogens (tertiary/aromatic N) is 1. The summed E-state index contributed by atoms with van der Waals surface area (Å²) in [6.45, 7) is 8.53. The Morgan fingerprint density at radius 3 is 1.84 bits per heavy atom. The van der Waals surface area contributed by atoms with Gasteiger partial charge in [0.25, 0.3) is 0 Å². The summed E-state index contributed by atoms with van der Waals surface area (Å²) in [4.78, 5) is 2.45. The lowest BCUT2D eigenvalue weighted by atomic mass is 9.95. The van der Waals surface area contributed by atoms with Gasteiger partial charge in [0.15, 0.2) is 0 Å². The summed E-state index contributed by atoms with van der Waals surface area (Å²) in [5, 5.41) is 0.747. The van der Waals surface area contributed by atoms with Gasteiger partial charge in [0.1, 0.15) is 5.75 Å². The zero-order chi connectivity index (χ0) is 21.9. The van der Waals surface area contributed by atoms with E-state index in [1.807, 2.05) is 60.7 Å². The SMILES string of the molecule is CCN(CC)CCCCOc1ccc(/C(=C(/Cl)c2ccccc2)c2ccccc2)cc1. The van der Waals surface area contributed by atoms with Gasteiger partial charge in [-0.15, -0.1) is 0 Å². The van der Waals surface area contributed by atoms with E-state index in [0.29, 0.717) is 0 Å². The van der Waals surface area contributed by atoms with Gasteiger partial charge in [-0.25, -0.2) is 0 Å². The van der Waals surface area contributed by atoms with Crippen LogP contribution in [0.15, 0.2) is 84.9 Å². The first-order valence-electron chi connectivity index (χ1n) is 11.2. The Hall–Kier alpha value is -2.55. The van der Waals surface area contributed by atoms with E-state index in [1.165, 1.54) is 0 Å². The van der Waals surface area contributed by atoms with E-state index in [4.69, 9.17) is 16.3 Å². The molecule has 31 heavy (non-hydrogen) atoms. The van der Waals surface area contributed by atoms with Crippen molar-refractivity contribution in [3.05, 3.63) is 102 Å². The van der Waals surface area contributed by atoms with E-state index in [-0.39, 0.29) is 0 Å². The van der Waals surface area contributed by atoms with Gasteiger partial charge in [0.2, 0.25) is 0 Å². The maximum absolute atomic E-state index is 6.89. The van der Waals surface area contributed by atoms with Crippen LogP contribution in [0.1, 0.15) is 43.4 Å². The highest BCUT2D eigenvalue weighted by Crippen LogP contribution is 2.35. The second-order valence-corrected chi connectivity index (χ2v) is 7.91. The van der Waals surface area contributed by atoms with Gasteiger partial charge in [-0.1, -0.05) is 98.2 Å². The van der Waals surface area contributed by atoms with E-state index in [0.717, 1.165) is 72.1 Å². The summed E-state index contributed by atoms with van der Waals surface area (Å²) < 4.78 is 5.97. The van der Waals surface area contributed by atoms with Crippen molar-refractivity contribution in [1.29, 1.82) is 0 Å². The van der Waals surface area contributed by atoms with Crippen LogP contribution in [-0.4, -0.2) is 31.1 Å². The lowest BCUT2D eigenvalue weighted by molar-refractivity contribution is 0.266. The van der Waals surface area contributed by atoms with Crippen LogP contribution in [-0.2, 0) is 0 Å². The predicted molar refractivity (Wildman–Crippen MR) is 134 cm³/mol. The number of ether oxygens (including phenoxy) is 1. The highest BCUT2D eigenvalue weighted by molar-refractivity contribution is 6.53. The molecule has 3 aromatic carbocycles. The molecule has 0 saturated carbocycles. The Morgan fingerprint density at radius 2 is 1.26 bits per heavy atom. The third-order valence-corrected chi connectivity index (χ3v) is 5.89. The molecule has 0 atom stereocenters. The normalized spacial score (nSPS) is 12.0. The number of hydrogen-bond donors (Lipinski definition) is 0. The average Bonchev–Trinajstić information content (AvgIpc) is 2.83. The molecule has 3 rings (SSSR count). The summed E-state index contributed by atoms with van der Waals surface area (Å²) >= 11 is 6.89. The molecule has 0 radical (unpaired) electrons. The molecular weight excluding hydrogens is 402 g/mol. The van der Waals surface area contributed by atoms with Gasteiger partial charge in [0.05, 0.1) is 11.6 Å². The number of hydrogen-bond acceptors (Lipinski definition) is 2. The Kier molecular flexibility index (Phi) is 9.20. The van der Waals surface area contributed by atoms with Crippen LogP contribution in [0.25, 0.3) is 10.6 Å². The van der Waals surface area contributed by atoms with Gasteiger partial charge in [0, 0.05) is 5.57 Å². The Balaban J connectivity index is 1.72. The van der Waals surface area contributed by atoms with E-state index in [9.17, 15) is 0 Å². The van der Waals surface area contributed by atoms with Crippen molar-refractivity contribution in [2.45, 2.75) is 26.7 Å². The molecule has 0 aromatic heterocycles. The lowest BCUT2D eigenvalue weighted by Crippen LogP contribution is -2.24. The fourth-order valence-electron chi connectivity index (χ4n) is 3.64. The Morgan fingerprint density at radius 1 is 0.710 bits per heavy atom. The summed E-state index contributed by atoms with van der Waals surface area (Å²) in [5.41, 5.74) is 4.21. The highest BCUT2D eigenvalue weighted by atomic mass is 35.5. The summed E-state index contributed by atoms with van der Waals surface area (Å²) in [6.07, 6.45) is 2.22. The average molecular weight is 434 g/mol. The number of halogens is 1. The molecule has 0 saturated heterocycles. The summed E-state index contributed by atoms with van der Waals surface area (Å²) in [7, 11) is 0. The van der Waals surface area contributed by atoms with E-state index in [1.54, 1.807) is 0 Å². The van der Waals surface area contributed by atoms with Crippen molar-refractivity contribution >= 4 is 22.2 Å². The molecule has 0 N–H and O–H groups in total. The first kappa shape index (κ1) is 23.1. The van der Waals surface area contributed by atoms with Crippen LogP contribution in [0.5, 0.6) is 5.75 Å². The largest absolute Gasteiger partial charge is 0.494 e. The standard InChI is InChI=1S/C28H32ClNO/c1-3-30(4-2)21-11-12-22-31-26-19-17-24(18-20-26)27(23-13-7-5-8-14-23)28(29)25-15-9-6-10-16-25/h5-10,13-20H,3-4,11-12,21-22H2,1-2H3/b28-27+. The van der Waals surface area contributed by atoms with Crippen LogP contribution in [0, 0.1) is 0 Å². The zero-order valence-electron chi connectivity index (χ0n) is 18.6. The van der Waals surface area contributed by atoms with Crippen LogP contribution in [0.3, 0.4) is 0 Å². The minimum atomic E-state index is 0.743. The second-order valence-electron chi connectivity index (χ2n) is 7.53. The molecule has 0 bridgehead atoms. The number of rotatable bonds is 11. The van der Waals surface area contributed by atoms with Crippen molar-refractivity contribution in [1.82, 2.24) is 4.90 Å². The fraction of sp³-hybridized carbons (Fsp3) is 0.286. The van der Waals surface area contributed by atoms with E-state index in [2.05, 4.69) is 43.0 Å². The number of unbranched alkanes of at least 4 members (excludes halogenated alkanes) is 1. The molecule has 162 valence electrons. The fourth-order valence-corrected chi connectivity index (χ4v) is 3.98. The zero-order valence-corrected chi connectivity index (χ0v) is 19.3. The van der Waals surface area contributed by atoms with Gasteiger partial charge in [-0.3, -0.25) is 0 Å². The minimum absolute atomic E-state index is 0.743. The van der Waals surface area contributed by atoms with Crippen molar-refractivity contribution in [2.24, 2.45) is 0 Å². The maximum Gasteiger partial charge on any atom is 0.119 e. The van der Waals surface area contributed by atoms with Crippen LogP contribution in [0.4, 0.5) is 0 Å². The molecule has 2 nitrogen and oxygen atoms in total. The molecular formula is C28H32ClNO. The molecule has 0 aliphatic heterocycles. The predicted octanol–water partition coefficient (Wildman–Crippen LogP) is 7.34. The van der Waals surface area contributed by atoms with Gasteiger partial charge in [-0.05, 0) is 61.3 Å². The van der Waals surface area contributed by atoms with Crippen molar-refractivity contribution in [3.63, 3.8) is 0 Å². The second kappa shape index (κ2) is 12.3. The topological polar surface area (TPSA) is 12.5 Å². The number of benzene rings is 3. The van der Waals surface area contributed by atoms with Gasteiger partial charge >= 0.3 is 0 Å². The molecule has 0 aliphatic rings. The molecule has 3 aromatic rings. The summed E-state index contributed by atoms with van der Waals surface area (Å²) in [6, 6.07) is 28.7. The van der Waals surface area contributed by atoms with Gasteiger partial charge in [-0.2, -0.15) is 0 Å². The first-order chi connectivity index (χ1) is 15.2. The Bertz CT molecular complexity index is 932. The third-order valence-electron chi connectivity index (χ3n) is 5.48. The molecule has 3 heteroatoms. The van der Waals surface area contributed by atoms with Gasteiger partial charge < -0.3 is 9.64 Å². The lowest BCUT2D eigenvalue weighted by Gasteiger charge is -2.17. The summed E-state index contributed by atoms with van der Waals surface area (Å²) in [5.74, 6) is 0.898. The maximum atomic E-state index is 6.89. The van der Waals surface area contributed by atoms with Crippen molar-refractivity contribution in [2.75, 3.05) is 26.2 Å². The van der Waals surface area contributed by atoms with Crippen molar-refractivity contribution < 1.29 is 4.74 Å². The highest BCUT2D eigenvalue weighted by Gasteiger charge is 2.12. The van der Waals surface area contributed by atoms with E-state index >= 15 is 0 Å². The molecule has 0 aliphatic carbocycles. The van der Waals surface area contributed by atoms with Crippen LogP contribution < -0.4 is 4.74 Å². The Labute approximate surface area is 192 Å². The minimum Gasteiger partial charge on any atom is -0.494 e.